The molecule has 0 aliphatic rings. The summed E-state index contributed by atoms with van der Waals surface area (Å²) < 4.78 is 0. The fraction of sp³-hybridized carbons (Fsp3) is 0.273. The Hall–Kier alpha value is -1.05. The van der Waals surface area contributed by atoms with Gasteiger partial charge in [-0.3, -0.25) is 4.79 Å². The van der Waals surface area contributed by atoms with Gasteiger partial charge in [0.15, 0.2) is 0 Å². The van der Waals surface area contributed by atoms with E-state index < -0.39 is 0 Å². The van der Waals surface area contributed by atoms with Crippen molar-refractivity contribution in [2.24, 2.45) is 0 Å². The second-order valence-electron chi connectivity index (χ2n) is 3.17. The zero-order valence-corrected chi connectivity index (χ0v) is 11.0. The summed E-state index contributed by atoms with van der Waals surface area (Å²) >= 11 is 9.04. The molecule has 0 spiro atoms. The number of alkyl halides is 1. The molecule has 1 unspecified atom stereocenters. The maximum Gasteiger partial charge on any atom is 0.238 e. The molecule has 1 aromatic rings. The molecule has 0 aromatic heterocycles. The molecule has 0 bridgehead atoms. The van der Waals surface area contributed by atoms with Gasteiger partial charge in [-0.25, -0.2) is 0 Å². The molecule has 1 N–H and O–H groups in total. The maximum atomic E-state index is 11.6. The van der Waals surface area contributed by atoms with E-state index in [4.69, 9.17) is 16.9 Å². The Kier molecular flexibility index (Phi) is 4.78. The maximum absolute atomic E-state index is 11.6. The molecule has 0 aliphatic heterocycles. The quantitative estimate of drug-likeness (QED) is 0.871. The average molecular weight is 302 g/mol. The van der Waals surface area contributed by atoms with Gasteiger partial charge in [0.25, 0.3) is 0 Å². The van der Waals surface area contributed by atoms with E-state index >= 15 is 0 Å². The van der Waals surface area contributed by atoms with Crippen molar-refractivity contribution < 1.29 is 4.79 Å². The molecule has 0 saturated carbocycles. The summed E-state index contributed by atoms with van der Waals surface area (Å²) in [7, 11) is 0. The summed E-state index contributed by atoms with van der Waals surface area (Å²) in [5.74, 6) is -0.179. The van der Waals surface area contributed by atoms with E-state index in [0.29, 0.717) is 22.7 Å². The first-order valence-corrected chi connectivity index (χ1v) is 6.02. The number of amides is 1. The van der Waals surface area contributed by atoms with Crippen molar-refractivity contribution in [2.75, 3.05) is 5.32 Å². The van der Waals surface area contributed by atoms with Crippen LogP contribution in [0, 0.1) is 11.3 Å². The highest BCUT2D eigenvalue weighted by atomic mass is 79.9. The van der Waals surface area contributed by atoms with Crippen molar-refractivity contribution in [1.82, 2.24) is 0 Å². The number of carbonyl (C=O) groups is 1. The van der Waals surface area contributed by atoms with E-state index in [1.165, 1.54) is 0 Å². The number of rotatable bonds is 3. The third kappa shape index (κ3) is 3.22. The van der Waals surface area contributed by atoms with Crippen LogP contribution in [-0.2, 0) is 4.79 Å². The van der Waals surface area contributed by atoms with Gasteiger partial charge in [0, 0.05) is 5.02 Å². The van der Waals surface area contributed by atoms with Crippen LogP contribution in [0.1, 0.15) is 18.9 Å². The minimum atomic E-state index is -0.266. The van der Waals surface area contributed by atoms with Gasteiger partial charge in [-0.05, 0) is 24.6 Å². The van der Waals surface area contributed by atoms with Crippen LogP contribution in [0.25, 0.3) is 0 Å². The van der Waals surface area contributed by atoms with Crippen LogP contribution in [0.4, 0.5) is 5.69 Å². The molecule has 16 heavy (non-hydrogen) atoms. The summed E-state index contributed by atoms with van der Waals surface area (Å²) in [6.07, 6.45) is 0.675. The highest BCUT2D eigenvalue weighted by molar-refractivity contribution is 9.10. The molecular weight excluding hydrogens is 291 g/mol. The third-order valence-electron chi connectivity index (χ3n) is 2.00. The molecule has 0 radical (unpaired) electrons. The summed E-state index contributed by atoms with van der Waals surface area (Å²) in [5.41, 5.74) is 0.839. The van der Waals surface area contributed by atoms with E-state index in [9.17, 15) is 4.79 Å². The Labute approximate surface area is 108 Å². The number of nitrogens with one attached hydrogen (secondary N) is 1. The first-order valence-electron chi connectivity index (χ1n) is 4.73. The first-order chi connectivity index (χ1) is 7.58. The Morgan fingerprint density at radius 1 is 1.69 bits per heavy atom. The van der Waals surface area contributed by atoms with Gasteiger partial charge in [0.2, 0.25) is 5.91 Å². The van der Waals surface area contributed by atoms with Crippen LogP contribution in [-0.4, -0.2) is 10.7 Å². The number of hydrogen-bond donors (Lipinski definition) is 1. The number of carbonyl (C=O) groups excluding carboxylic acids is 1. The lowest BCUT2D eigenvalue weighted by molar-refractivity contribution is -0.115. The topological polar surface area (TPSA) is 52.9 Å². The van der Waals surface area contributed by atoms with Gasteiger partial charge in [0.05, 0.1) is 16.1 Å². The molecule has 0 fully saturated rings. The summed E-state index contributed by atoms with van der Waals surface area (Å²) in [5, 5.41) is 12.0. The van der Waals surface area contributed by atoms with E-state index in [-0.39, 0.29) is 10.7 Å². The zero-order chi connectivity index (χ0) is 12.1. The molecule has 1 aromatic carbocycles. The van der Waals surface area contributed by atoms with Crippen LogP contribution >= 0.6 is 27.5 Å². The van der Waals surface area contributed by atoms with Gasteiger partial charge >= 0.3 is 0 Å². The van der Waals surface area contributed by atoms with Crippen molar-refractivity contribution in [3.05, 3.63) is 28.8 Å². The van der Waals surface area contributed by atoms with Crippen molar-refractivity contribution in [1.29, 1.82) is 5.26 Å². The minimum absolute atomic E-state index is 0.179. The second kappa shape index (κ2) is 5.88. The minimum Gasteiger partial charge on any atom is -0.324 e. The molecule has 0 saturated heterocycles. The lowest BCUT2D eigenvalue weighted by Gasteiger charge is -2.10. The van der Waals surface area contributed by atoms with E-state index in [1.807, 2.05) is 13.0 Å². The molecular formula is C11H10BrClN2O. The first kappa shape index (κ1) is 13.0. The largest absolute Gasteiger partial charge is 0.324 e. The van der Waals surface area contributed by atoms with E-state index in [2.05, 4.69) is 21.2 Å². The molecule has 3 nitrogen and oxygen atoms in total. The summed E-state index contributed by atoms with van der Waals surface area (Å²) in [4.78, 5) is 11.3. The molecule has 0 aliphatic carbocycles. The van der Waals surface area contributed by atoms with Crippen molar-refractivity contribution in [3.63, 3.8) is 0 Å². The van der Waals surface area contributed by atoms with Gasteiger partial charge in [0.1, 0.15) is 6.07 Å². The molecule has 1 amide bonds. The Morgan fingerprint density at radius 2 is 2.38 bits per heavy atom. The monoisotopic (exact) mass is 300 g/mol. The number of hydrogen-bond acceptors (Lipinski definition) is 2. The lowest BCUT2D eigenvalue weighted by atomic mass is 10.2. The van der Waals surface area contributed by atoms with E-state index in [0.717, 1.165) is 0 Å². The number of anilines is 1. The molecule has 5 heteroatoms. The highest BCUT2D eigenvalue weighted by Gasteiger charge is 2.14. The SMILES string of the molecule is CCC(Br)C(=O)Nc1cc(Cl)ccc1C#N. The summed E-state index contributed by atoms with van der Waals surface area (Å²) in [6, 6.07) is 6.75. The Bertz CT molecular complexity index is 442. The van der Waals surface area contributed by atoms with Crippen LogP contribution in [0.15, 0.2) is 18.2 Å². The van der Waals surface area contributed by atoms with Crippen LogP contribution in [0.2, 0.25) is 5.02 Å². The van der Waals surface area contributed by atoms with Crippen LogP contribution in [0.3, 0.4) is 0 Å². The average Bonchev–Trinajstić information content (AvgIpc) is 2.28. The molecule has 0 heterocycles. The third-order valence-corrected chi connectivity index (χ3v) is 3.30. The second-order valence-corrected chi connectivity index (χ2v) is 4.71. The normalized spacial score (nSPS) is 11.6. The number of halogens is 2. The molecule has 84 valence electrons. The van der Waals surface area contributed by atoms with Gasteiger partial charge in [-0.15, -0.1) is 0 Å². The fourth-order valence-corrected chi connectivity index (χ4v) is 1.40. The predicted octanol–water partition coefficient (Wildman–Crippen LogP) is 3.32. The number of benzene rings is 1. The van der Waals surface area contributed by atoms with Crippen LogP contribution in [0.5, 0.6) is 0 Å². The van der Waals surface area contributed by atoms with E-state index in [1.54, 1.807) is 18.2 Å². The standard InChI is InChI=1S/C11H10BrClN2O/c1-2-9(12)11(16)15-10-5-8(13)4-3-7(10)6-14/h3-5,9H,2H2,1H3,(H,15,16). The van der Waals surface area contributed by atoms with Gasteiger partial charge in [-0.2, -0.15) is 5.26 Å². The van der Waals surface area contributed by atoms with Crippen molar-refractivity contribution in [2.45, 2.75) is 18.2 Å². The zero-order valence-electron chi connectivity index (χ0n) is 8.63. The lowest BCUT2D eigenvalue weighted by Crippen LogP contribution is -2.22. The Balaban J connectivity index is 2.92. The number of nitriles is 1. The van der Waals surface area contributed by atoms with Crippen molar-refractivity contribution >= 4 is 39.1 Å². The smallest absolute Gasteiger partial charge is 0.238 e. The highest BCUT2D eigenvalue weighted by Crippen LogP contribution is 2.21. The van der Waals surface area contributed by atoms with Gasteiger partial charge in [-0.1, -0.05) is 34.5 Å². The molecule has 1 rings (SSSR count). The van der Waals surface area contributed by atoms with Crippen molar-refractivity contribution in [3.8, 4) is 6.07 Å². The number of nitrogens with zero attached hydrogens (tertiary/aromatic N) is 1. The Morgan fingerprint density at radius 3 is 2.94 bits per heavy atom. The molecule has 1 atom stereocenters. The van der Waals surface area contributed by atoms with Crippen LogP contribution < -0.4 is 5.32 Å². The predicted molar refractivity (Wildman–Crippen MR) is 67.8 cm³/mol. The summed E-state index contributed by atoms with van der Waals surface area (Å²) in [6.45, 7) is 1.89. The fourth-order valence-electron chi connectivity index (χ4n) is 1.11. The van der Waals surface area contributed by atoms with Gasteiger partial charge < -0.3 is 5.32 Å².